The second-order valence-corrected chi connectivity index (χ2v) is 9.83. The number of hydrogen-bond donors (Lipinski definition) is 0. The number of ether oxygens (including phenoxy) is 2. The maximum Gasteiger partial charge on any atom is 0.411 e. The number of morpholine rings is 1. The summed E-state index contributed by atoms with van der Waals surface area (Å²) >= 11 is 0. The number of rotatable bonds is 6. The quantitative estimate of drug-likeness (QED) is 0.354. The molecule has 0 N–H and O–H groups in total. The van der Waals surface area contributed by atoms with Crippen LogP contribution in [0, 0.1) is 5.92 Å². The van der Waals surface area contributed by atoms with Crippen molar-refractivity contribution in [3.63, 3.8) is 0 Å². The lowest BCUT2D eigenvalue weighted by molar-refractivity contribution is -0.174. The predicted molar refractivity (Wildman–Crippen MR) is 138 cm³/mol. The van der Waals surface area contributed by atoms with Gasteiger partial charge in [-0.15, -0.1) is 0 Å². The summed E-state index contributed by atoms with van der Waals surface area (Å²) in [6.45, 7) is 0.152. The third kappa shape index (κ3) is 5.46. The molecule has 0 bridgehead atoms. The van der Waals surface area contributed by atoms with Crippen molar-refractivity contribution in [2.24, 2.45) is 5.92 Å². The van der Waals surface area contributed by atoms with Crippen LogP contribution in [0.3, 0.4) is 0 Å². The van der Waals surface area contributed by atoms with Crippen molar-refractivity contribution < 1.29 is 19.1 Å². The molecular formula is C31H33NO4. The largest absolute Gasteiger partial charge is 0.453 e. The molecule has 36 heavy (non-hydrogen) atoms. The number of carbonyl (C=O) groups is 2. The summed E-state index contributed by atoms with van der Waals surface area (Å²) in [4.78, 5) is 29.0. The van der Waals surface area contributed by atoms with Gasteiger partial charge in [-0.05, 0) is 29.0 Å². The number of benzene rings is 3. The summed E-state index contributed by atoms with van der Waals surface area (Å²) in [5.41, 5.74) is 2.69. The zero-order valence-corrected chi connectivity index (χ0v) is 20.5. The maximum atomic E-state index is 13.8. The molecule has 1 heterocycles. The summed E-state index contributed by atoms with van der Waals surface area (Å²) in [6.07, 6.45) is 5.23. The zero-order chi connectivity index (χ0) is 24.7. The number of cyclic esters (lactones) is 1. The van der Waals surface area contributed by atoms with Crippen molar-refractivity contribution >= 4 is 12.1 Å². The van der Waals surface area contributed by atoms with Gasteiger partial charge in [-0.2, -0.15) is 0 Å². The SMILES string of the molecule is O=C1O[C@@H](c2ccccc2)[C@@H](c2ccccc2)N(C(=O)OCc2ccccc2)[C@@H]1CC1CCCCC1. The Hall–Kier alpha value is -3.60. The van der Waals surface area contributed by atoms with Gasteiger partial charge in [0.1, 0.15) is 18.7 Å². The first-order chi connectivity index (χ1) is 17.7. The van der Waals surface area contributed by atoms with Crippen LogP contribution in [0.15, 0.2) is 91.0 Å². The molecule has 2 aliphatic rings. The van der Waals surface area contributed by atoms with Gasteiger partial charge in [0.05, 0.1) is 0 Å². The summed E-state index contributed by atoms with van der Waals surface area (Å²) < 4.78 is 12.0. The molecule has 0 aromatic heterocycles. The summed E-state index contributed by atoms with van der Waals surface area (Å²) in [5.74, 6) is 0.0451. The molecule has 5 heteroatoms. The Balaban J connectivity index is 1.52. The van der Waals surface area contributed by atoms with Crippen molar-refractivity contribution in [3.05, 3.63) is 108 Å². The van der Waals surface area contributed by atoms with E-state index < -0.39 is 24.3 Å². The van der Waals surface area contributed by atoms with E-state index in [1.165, 1.54) is 19.3 Å². The van der Waals surface area contributed by atoms with Gasteiger partial charge in [-0.25, -0.2) is 9.59 Å². The minimum absolute atomic E-state index is 0.152. The average Bonchev–Trinajstić information content (AvgIpc) is 2.94. The van der Waals surface area contributed by atoms with Crippen LogP contribution in [0.2, 0.25) is 0 Å². The molecule has 5 rings (SSSR count). The Bertz CT molecular complexity index is 1130. The number of hydrogen-bond acceptors (Lipinski definition) is 4. The molecule has 1 saturated heterocycles. The molecule has 3 atom stereocenters. The van der Waals surface area contributed by atoms with Crippen molar-refractivity contribution in [2.75, 3.05) is 0 Å². The van der Waals surface area contributed by atoms with Crippen LogP contribution in [0.5, 0.6) is 0 Å². The fourth-order valence-electron chi connectivity index (χ4n) is 5.58. The molecule has 5 nitrogen and oxygen atoms in total. The summed E-state index contributed by atoms with van der Waals surface area (Å²) in [6, 6.07) is 28.0. The molecule has 1 aliphatic heterocycles. The first-order valence-electron chi connectivity index (χ1n) is 13.0. The highest BCUT2D eigenvalue weighted by Gasteiger charge is 2.49. The Labute approximate surface area is 213 Å². The molecule has 3 aromatic rings. The minimum atomic E-state index is -0.679. The summed E-state index contributed by atoms with van der Waals surface area (Å²) in [5, 5.41) is 0. The first kappa shape index (κ1) is 24.1. The van der Waals surface area contributed by atoms with Crippen LogP contribution >= 0.6 is 0 Å². The highest BCUT2D eigenvalue weighted by atomic mass is 16.6. The van der Waals surface area contributed by atoms with Gasteiger partial charge in [-0.1, -0.05) is 123 Å². The standard InChI is InChI=1S/C31H33NO4/c33-30-27(21-23-13-5-1-6-14-23)32(31(34)35-22-24-15-7-2-8-16-24)28(25-17-9-3-10-18-25)29(36-30)26-19-11-4-12-20-26/h2-4,7-12,15-20,23,27-29H,1,5-6,13-14,21-22H2/t27-,28-,29+/m1/s1. The molecule has 1 aliphatic carbocycles. The fourth-order valence-corrected chi connectivity index (χ4v) is 5.58. The van der Waals surface area contributed by atoms with Gasteiger partial charge in [-0.3, -0.25) is 4.90 Å². The third-order valence-electron chi connectivity index (χ3n) is 7.40. The van der Waals surface area contributed by atoms with Crippen molar-refractivity contribution in [3.8, 4) is 0 Å². The lowest BCUT2D eigenvalue weighted by atomic mass is 9.82. The smallest absolute Gasteiger partial charge is 0.411 e. The van der Waals surface area contributed by atoms with E-state index in [2.05, 4.69) is 0 Å². The van der Waals surface area contributed by atoms with E-state index in [1.807, 2.05) is 91.0 Å². The van der Waals surface area contributed by atoms with Gasteiger partial charge in [0.2, 0.25) is 0 Å². The molecule has 0 spiro atoms. The molecule has 186 valence electrons. The monoisotopic (exact) mass is 483 g/mol. The number of nitrogens with zero attached hydrogens (tertiary/aromatic N) is 1. The highest BCUT2D eigenvalue weighted by molar-refractivity contribution is 5.83. The molecule has 0 unspecified atom stereocenters. The molecular weight excluding hydrogens is 450 g/mol. The highest BCUT2D eigenvalue weighted by Crippen LogP contribution is 2.44. The maximum absolute atomic E-state index is 13.8. The Morgan fingerprint density at radius 1 is 0.806 bits per heavy atom. The van der Waals surface area contributed by atoms with Crippen LogP contribution in [0.4, 0.5) is 4.79 Å². The van der Waals surface area contributed by atoms with Gasteiger partial charge in [0, 0.05) is 0 Å². The van der Waals surface area contributed by atoms with Crippen LogP contribution in [0.1, 0.15) is 67.4 Å². The fraction of sp³-hybridized carbons (Fsp3) is 0.355. The normalized spacial score (nSPS) is 22.6. The van der Waals surface area contributed by atoms with E-state index in [1.54, 1.807) is 4.90 Å². The van der Waals surface area contributed by atoms with Gasteiger partial charge < -0.3 is 9.47 Å². The van der Waals surface area contributed by atoms with Crippen molar-refractivity contribution in [1.29, 1.82) is 0 Å². The van der Waals surface area contributed by atoms with Crippen LogP contribution in [0.25, 0.3) is 0 Å². The lowest BCUT2D eigenvalue weighted by Crippen LogP contribution is -2.55. The molecule has 0 radical (unpaired) electrons. The molecule has 1 amide bonds. The third-order valence-corrected chi connectivity index (χ3v) is 7.40. The van der Waals surface area contributed by atoms with E-state index >= 15 is 0 Å². The topological polar surface area (TPSA) is 55.8 Å². The Morgan fingerprint density at radius 3 is 2.03 bits per heavy atom. The minimum Gasteiger partial charge on any atom is -0.453 e. The lowest BCUT2D eigenvalue weighted by Gasteiger charge is -2.45. The van der Waals surface area contributed by atoms with Gasteiger partial charge in [0.25, 0.3) is 0 Å². The Kier molecular flexibility index (Phi) is 7.65. The van der Waals surface area contributed by atoms with Crippen LogP contribution in [-0.4, -0.2) is 23.0 Å². The van der Waals surface area contributed by atoms with Crippen molar-refractivity contribution in [2.45, 2.75) is 63.3 Å². The van der Waals surface area contributed by atoms with Crippen LogP contribution in [-0.2, 0) is 20.9 Å². The Morgan fingerprint density at radius 2 is 1.39 bits per heavy atom. The number of carbonyl (C=O) groups excluding carboxylic acids is 2. The van der Waals surface area contributed by atoms with Crippen molar-refractivity contribution in [1.82, 2.24) is 4.90 Å². The van der Waals surface area contributed by atoms with Gasteiger partial charge >= 0.3 is 12.1 Å². The number of amides is 1. The first-order valence-corrected chi connectivity index (χ1v) is 13.0. The van der Waals surface area contributed by atoms with Crippen LogP contribution < -0.4 is 0 Å². The average molecular weight is 484 g/mol. The van der Waals surface area contributed by atoms with E-state index in [4.69, 9.17) is 9.47 Å². The zero-order valence-electron chi connectivity index (χ0n) is 20.5. The van der Waals surface area contributed by atoms with E-state index in [0.717, 1.165) is 29.5 Å². The number of esters is 1. The second-order valence-electron chi connectivity index (χ2n) is 9.83. The van der Waals surface area contributed by atoms with E-state index in [-0.39, 0.29) is 12.6 Å². The molecule has 1 saturated carbocycles. The molecule has 2 fully saturated rings. The van der Waals surface area contributed by atoms with E-state index in [9.17, 15) is 9.59 Å². The van der Waals surface area contributed by atoms with E-state index in [0.29, 0.717) is 12.3 Å². The van der Waals surface area contributed by atoms with Gasteiger partial charge in [0.15, 0.2) is 6.10 Å². The second kappa shape index (κ2) is 11.4. The molecule has 3 aromatic carbocycles. The summed E-state index contributed by atoms with van der Waals surface area (Å²) in [7, 11) is 0. The predicted octanol–water partition coefficient (Wildman–Crippen LogP) is 7.00.